The van der Waals surface area contributed by atoms with Gasteiger partial charge in [0, 0.05) is 42.8 Å². The van der Waals surface area contributed by atoms with Crippen LogP contribution in [0.15, 0.2) is 79.2 Å². The van der Waals surface area contributed by atoms with Gasteiger partial charge in [-0.25, -0.2) is 19.0 Å². The number of pyridine rings is 1. The van der Waals surface area contributed by atoms with Crippen molar-refractivity contribution in [3.05, 3.63) is 90.4 Å². The Balaban J connectivity index is 0.00000180. The summed E-state index contributed by atoms with van der Waals surface area (Å²) < 4.78 is 9.49. The normalized spacial score (nSPS) is 14.6. The molecule has 1 aliphatic heterocycles. The highest BCUT2D eigenvalue weighted by Crippen LogP contribution is 2.35. The number of hydrogen-bond donors (Lipinski definition) is 4. The van der Waals surface area contributed by atoms with E-state index in [4.69, 9.17) is 14.9 Å². The van der Waals surface area contributed by atoms with E-state index in [-0.39, 0.29) is 19.0 Å². The van der Waals surface area contributed by atoms with E-state index in [0.29, 0.717) is 23.0 Å². The molecule has 0 spiro atoms. The van der Waals surface area contributed by atoms with Crippen LogP contribution in [0, 0.1) is 12.8 Å². The van der Waals surface area contributed by atoms with Gasteiger partial charge in [0.25, 0.3) is 11.7 Å². The number of nitrogens with zero attached hydrogens (tertiary/aromatic N) is 7. The predicted molar refractivity (Wildman–Crippen MR) is 160 cm³/mol. The van der Waals surface area contributed by atoms with Gasteiger partial charge < -0.3 is 30.3 Å². The van der Waals surface area contributed by atoms with Gasteiger partial charge in [-0.2, -0.15) is 10.2 Å². The Morgan fingerprint density at radius 2 is 1.74 bits per heavy atom. The van der Waals surface area contributed by atoms with Gasteiger partial charge in [-0.3, -0.25) is 4.79 Å². The molecule has 0 saturated heterocycles. The summed E-state index contributed by atoms with van der Waals surface area (Å²) in [6, 6.07) is 11.3. The maximum absolute atomic E-state index is 12.4. The summed E-state index contributed by atoms with van der Waals surface area (Å²) in [5.41, 5.74) is 5.06. The van der Waals surface area contributed by atoms with Crippen LogP contribution in [0.25, 0.3) is 16.7 Å². The second kappa shape index (κ2) is 12.1. The smallest absolute Gasteiger partial charge is 0.324 e. The number of fused-ring (bicyclic) bond motifs is 2. The Morgan fingerprint density at radius 1 is 1.00 bits per heavy atom. The standard InChI is InChI=1S/C28H26N8O5.C2H6/c1-16-11-18(3-4-22(16)41-19-5-9-35-23(12-19)29-14-31-35)33-26-24-21(7-10-36(24)32-15-30-26)20-6-8-34(13-17(20)2)27(38)25(37)28(39)40;1-2/h3-7,9-12,14-15,17,37,39-40H,8,13H2,1-2H3,(H,30,32,33);1-2H3. The van der Waals surface area contributed by atoms with Crippen LogP contribution in [-0.2, 0) is 4.79 Å². The zero-order chi connectivity index (χ0) is 30.7. The van der Waals surface area contributed by atoms with Crippen LogP contribution in [0.4, 0.5) is 11.5 Å². The third-order valence-electron chi connectivity index (χ3n) is 6.94. The van der Waals surface area contributed by atoms with Crippen molar-refractivity contribution in [1.82, 2.24) is 34.1 Å². The molecule has 43 heavy (non-hydrogen) atoms. The second-order valence-electron chi connectivity index (χ2n) is 9.71. The maximum Gasteiger partial charge on any atom is 0.324 e. The average Bonchev–Trinajstić information content (AvgIpc) is 3.66. The number of carbonyl (C=O) groups is 1. The maximum atomic E-state index is 12.4. The molecule has 0 bridgehead atoms. The fourth-order valence-corrected chi connectivity index (χ4v) is 4.94. The van der Waals surface area contributed by atoms with E-state index in [2.05, 4.69) is 25.5 Å². The lowest BCUT2D eigenvalue weighted by molar-refractivity contribution is -0.130. The Hall–Kier alpha value is -5.59. The SMILES string of the molecule is CC.Cc1cc(Nc2ncnn3ccc(C4=CCN(C(=O)C(O)=C(O)O)CC4C)c23)ccc1Oc1ccn2ncnc2c1. The van der Waals surface area contributed by atoms with Crippen molar-refractivity contribution >= 4 is 34.1 Å². The Labute approximate surface area is 247 Å². The molecule has 5 heterocycles. The highest BCUT2D eigenvalue weighted by Gasteiger charge is 2.29. The average molecular weight is 585 g/mol. The zero-order valence-corrected chi connectivity index (χ0v) is 24.1. The molecule has 1 aliphatic rings. The van der Waals surface area contributed by atoms with E-state index in [0.717, 1.165) is 27.9 Å². The van der Waals surface area contributed by atoms with Crippen LogP contribution in [-0.4, -0.2) is 68.4 Å². The first-order valence-electron chi connectivity index (χ1n) is 13.8. The van der Waals surface area contributed by atoms with E-state index in [9.17, 15) is 9.90 Å². The molecule has 13 nitrogen and oxygen atoms in total. The van der Waals surface area contributed by atoms with Crippen molar-refractivity contribution in [3.8, 4) is 11.5 Å². The van der Waals surface area contributed by atoms with E-state index in [1.165, 1.54) is 17.6 Å². The van der Waals surface area contributed by atoms with Gasteiger partial charge in [0.05, 0.1) is 0 Å². The van der Waals surface area contributed by atoms with Crippen molar-refractivity contribution in [3.63, 3.8) is 0 Å². The minimum atomic E-state index is -1.40. The minimum absolute atomic E-state index is 0.115. The third kappa shape index (κ3) is 5.77. The monoisotopic (exact) mass is 584 g/mol. The number of aryl methyl sites for hydroxylation is 1. The summed E-state index contributed by atoms with van der Waals surface area (Å²) in [7, 11) is 0. The fourth-order valence-electron chi connectivity index (χ4n) is 4.94. The van der Waals surface area contributed by atoms with Gasteiger partial charge in [-0.05, 0) is 54.3 Å². The van der Waals surface area contributed by atoms with E-state index in [1.54, 1.807) is 15.2 Å². The molecule has 13 heteroatoms. The molecule has 6 rings (SSSR count). The van der Waals surface area contributed by atoms with E-state index < -0.39 is 17.6 Å². The van der Waals surface area contributed by atoms with Gasteiger partial charge in [-0.15, -0.1) is 0 Å². The molecule has 0 saturated carbocycles. The molecule has 222 valence electrons. The number of nitrogens with one attached hydrogen (secondary N) is 1. The van der Waals surface area contributed by atoms with Crippen molar-refractivity contribution < 1.29 is 24.9 Å². The molecule has 4 aromatic heterocycles. The van der Waals surface area contributed by atoms with Crippen LogP contribution >= 0.6 is 0 Å². The number of ether oxygens (including phenoxy) is 1. The van der Waals surface area contributed by atoms with Crippen LogP contribution in [0.1, 0.15) is 31.9 Å². The number of rotatable bonds is 6. The Morgan fingerprint density at radius 3 is 2.49 bits per heavy atom. The largest absolute Gasteiger partial charge is 0.498 e. The minimum Gasteiger partial charge on any atom is -0.498 e. The summed E-state index contributed by atoms with van der Waals surface area (Å²) >= 11 is 0. The molecule has 0 radical (unpaired) electrons. The first kappa shape index (κ1) is 28.9. The summed E-state index contributed by atoms with van der Waals surface area (Å²) in [5.74, 6) is -1.48. The number of benzene rings is 1. The summed E-state index contributed by atoms with van der Waals surface area (Å²) in [4.78, 5) is 22.4. The van der Waals surface area contributed by atoms with Crippen LogP contribution in [0.2, 0.25) is 0 Å². The highest BCUT2D eigenvalue weighted by molar-refractivity contribution is 5.93. The number of anilines is 2. The van der Waals surface area contributed by atoms with Gasteiger partial charge >= 0.3 is 5.95 Å². The molecule has 1 aromatic carbocycles. The summed E-state index contributed by atoms with van der Waals surface area (Å²) in [5, 5.41) is 39.7. The Bertz CT molecular complexity index is 1850. The van der Waals surface area contributed by atoms with Crippen LogP contribution in [0.5, 0.6) is 11.5 Å². The first-order valence-corrected chi connectivity index (χ1v) is 13.8. The fraction of sp³-hybridized carbons (Fsp3) is 0.233. The molecule has 1 atom stereocenters. The lowest BCUT2D eigenvalue weighted by Crippen LogP contribution is -2.39. The van der Waals surface area contributed by atoms with Gasteiger partial charge in [0.15, 0.2) is 11.5 Å². The second-order valence-corrected chi connectivity index (χ2v) is 9.71. The predicted octanol–water partition coefficient (Wildman–Crippen LogP) is 5.35. The van der Waals surface area contributed by atoms with Crippen molar-refractivity contribution in [1.29, 1.82) is 0 Å². The molecule has 1 unspecified atom stereocenters. The zero-order valence-electron chi connectivity index (χ0n) is 24.1. The Kier molecular flexibility index (Phi) is 8.14. The number of amides is 1. The number of aromatic nitrogens is 6. The van der Waals surface area contributed by atoms with Crippen molar-refractivity contribution in [2.24, 2.45) is 5.92 Å². The van der Waals surface area contributed by atoms with E-state index >= 15 is 0 Å². The van der Waals surface area contributed by atoms with E-state index in [1.807, 2.05) is 76.4 Å². The molecule has 5 aromatic rings. The molecule has 1 amide bonds. The molecule has 4 N–H and O–H groups in total. The summed E-state index contributed by atoms with van der Waals surface area (Å²) in [6.45, 7) is 8.38. The van der Waals surface area contributed by atoms with Crippen LogP contribution in [0.3, 0.4) is 0 Å². The molecular formula is C30H32N8O5. The molecular weight excluding hydrogens is 552 g/mol. The number of hydrogen-bond acceptors (Lipinski definition) is 10. The summed E-state index contributed by atoms with van der Waals surface area (Å²) in [6.07, 6.45) is 8.47. The van der Waals surface area contributed by atoms with Gasteiger partial charge in [-0.1, -0.05) is 26.8 Å². The van der Waals surface area contributed by atoms with Crippen molar-refractivity contribution in [2.45, 2.75) is 27.7 Å². The quantitative estimate of drug-likeness (QED) is 0.151. The molecule has 0 fully saturated rings. The van der Waals surface area contributed by atoms with Gasteiger partial charge in [0.1, 0.15) is 29.7 Å². The first-order chi connectivity index (χ1) is 20.8. The van der Waals surface area contributed by atoms with Crippen LogP contribution < -0.4 is 10.1 Å². The number of carbonyl (C=O) groups excluding carboxylic acids is 1. The number of aliphatic hydroxyl groups is 3. The number of aliphatic hydroxyl groups excluding tert-OH is 2. The highest BCUT2D eigenvalue weighted by atomic mass is 16.5. The third-order valence-corrected chi connectivity index (χ3v) is 6.94. The topological polar surface area (TPSA) is 163 Å². The lowest BCUT2D eigenvalue weighted by Gasteiger charge is -2.31. The van der Waals surface area contributed by atoms with Crippen molar-refractivity contribution in [2.75, 3.05) is 18.4 Å². The molecule has 0 aliphatic carbocycles. The van der Waals surface area contributed by atoms with Gasteiger partial charge in [0.2, 0.25) is 0 Å². The lowest BCUT2D eigenvalue weighted by atomic mass is 9.91.